The average Bonchev–Trinajstić information content (AvgIpc) is 2.74. The van der Waals surface area contributed by atoms with Crippen LogP contribution in [0.4, 0.5) is 11.4 Å². The van der Waals surface area contributed by atoms with Gasteiger partial charge in [0.25, 0.3) is 5.91 Å². The van der Waals surface area contributed by atoms with Gasteiger partial charge in [0.1, 0.15) is 6.54 Å². The van der Waals surface area contributed by atoms with Crippen LogP contribution in [0.1, 0.15) is 12.5 Å². The standard InChI is InChI=1S/C25H29N3O/c1-4-28(18-20-14-16-22(17-15-20)27(2)3)19-25(29)26-24-13-9-8-12-23(24)21-10-6-5-7-11-21/h5-17H,4,18-19H2,1-3H3,(H,26,29)/p+1. The molecule has 2 N–H and O–H groups in total. The number of likely N-dealkylation sites (N-methyl/N-ethyl adjacent to an activating group) is 1. The fourth-order valence-electron chi connectivity index (χ4n) is 3.40. The van der Waals surface area contributed by atoms with Gasteiger partial charge in [-0.15, -0.1) is 0 Å². The number of carbonyl (C=O) groups is 1. The number of amides is 1. The van der Waals surface area contributed by atoms with Crippen LogP contribution in [0.15, 0.2) is 78.9 Å². The van der Waals surface area contributed by atoms with E-state index in [-0.39, 0.29) is 5.91 Å². The van der Waals surface area contributed by atoms with Gasteiger partial charge in [0.15, 0.2) is 6.54 Å². The summed E-state index contributed by atoms with van der Waals surface area (Å²) in [6, 6.07) is 26.7. The third kappa shape index (κ3) is 5.69. The highest BCUT2D eigenvalue weighted by molar-refractivity contribution is 5.96. The van der Waals surface area contributed by atoms with E-state index in [2.05, 4.69) is 53.5 Å². The summed E-state index contributed by atoms with van der Waals surface area (Å²) in [4.78, 5) is 16.1. The van der Waals surface area contributed by atoms with Crippen LogP contribution in [0.5, 0.6) is 0 Å². The average molecular weight is 389 g/mol. The van der Waals surface area contributed by atoms with Gasteiger partial charge in [0, 0.05) is 36.6 Å². The molecule has 0 aliphatic carbocycles. The molecule has 4 heteroatoms. The maximum atomic E-state index is 12.8. The highest BCUT2D eigenvalue weighted by Gasteiger charge is 2.15. The first-order valence-corrected chi connectivity index (χ1v) is 10.1. The maximum Gasteiger partial charge on any atom is 0.279 e. The number of benzene rings is 3. The van der Waals surface area contributed by atoms with E-state index in [1.807, 2.05) is 56.6 Å². The maximum absolute atomic E-state index is 12.8. The van der Waals surface area contributed by atoms with Gasteiger partial charge in [-0.3, -0.25) is 4.79 Å². The smallest absolute Gasteiger partial charge is 0.279 e. The lowest BCUT2D eigenvalue weighted by Crippen LogP contribution is -3.11. The monoisotopic (exact) mass is 388 g/mol. The van der Waals surface area contributed by atoms with Crippen LogP contribution < -0.4 is 15.1 Å². The van der Waals surface area contributed by atoms with Crippen molar-refractivity contribution in [3.05, 3.63) is 84.4 Å². The first-order valence-electron chi connectivity index (χ1n) is 10.1. The number of para-hydroxylation sites is 1. The summed E-state index contributed by atoms with van der Waals surface area (Å²) >= 11 is 0. The van der Waals surface area contributed by atoms with E-state index in [0.717, 1.165) is 29.9 Å². The third-order valence-electron chi connectivity index (χ3n) is 5.10. The summed E-state index contributed by atoms with van der Waals surface area (Å²) in [6.45, 7) is 4.28. The lowest BCUT2D eigenvalue weighted by Gasteiger charge is -2.19. The van der Waals surface area contributed by atoms with Gasteiger partial charge < -0.3 is 15.1 Å². The summed E-state index contributed by atoms with van der Waals surface area (Å²) < 4.78 is 0. The molecular weight excluding hydrogens is 358 g/mol. The molecule has 3 rings (SSSR count). The highest BCUT2D eigenvalue weighted by atomic mass is 16.2. The summed E-state index contributed by atoms with van der Waals surface area (Å²) in [5.41, 5.74) is 5.42. The molecule has 0 bridgehead atoms. The van der Waals surface area contributed by atoms with Crippen molar-refractivity contribution in [2.45, 2.75) is 13.5 Å². The molecule has 0 aliphatic heterocycles. The first kappa shape index (κ1) is 20.6. The van der Waals surface area contributed by atoms with E-state index >= 15 is 0 Å². The zero-order valence-corrected chi connectivity index (χ0v) is 17.5. The molecular formula is C25H30N3O+. The summed E-state index contributed by atoms with van der Waals surface area (Å²) in [6.07, 6.45) is 0. The van der Waals surface area contributed by atoms with Crippen molar-refractivity contribution < 1.29 is 9.69 Å². The first-order chi connectivity index (χ1) is 14.1. The lowest BCUT2D eigenvalue weighted by atomic mass is 10.0. The molecule has 0 saturated heterocycles. The normalized spacial score (nSPS) is 11.7. The largest absolute Gasteiger partial charge is 0.378 e. The fourth-order valence-corrected chi connectivity index (χ4v) is 3.40. The number of hydrogen-bond acceptors (Lipinski definition) is 2. The molecule has 1 unspecified atom stereocenters. The van der Waals surface area contributed by atoms with Crippen molar-refractivity contribution in [2.24, 2.45) is 0 Å². The molecule has 0 fully saturated rings. The second kappa shape index (κ2) is 9.89. The van der Waals surface area contributed by atoms with Gasteiger partial charge in [-0.25, -0.2) is 0 Å². The Morgan fingerprint density at radius 3 is 2.21 bits per heavy atom. The molecule has 0 saturated carbocycles. The SMILES string of the molecule is CC[NH+](CC(=O)Nc1ccccc1-c1ccccc1)Cc1ccc(N(C)C)cc1. The van der Waals surface area contributed by atoms with Crippen LogP contribution >= 0.6 is 0 Å². The van der Waals surface area contributed by atoms with Crippen molar-refractivity contribution in [3.8, 4) is 11.1 Å². The minimum absolute atomic E-state index is 0.0372. The van der Waals surface area contributed by atoms with Gasteiger partial charge in [-0.2, -0.15) is 0 Å². The molecule has 29 heavy (non-hydrogen) atoms. The molecule has 1 amide bonds. The highest BCUT2D eigenvalue weighted by Crippen LogP contribution is 2.27. The fraction of sp³-hybridized carbons (Fsp3) is 0.240. The second-order valence-electron chi connectivity index (χ2n) is 7.48. The summed E-state index contributed by atoms with van der Waals surface area (Å²) in [5, 5.41) is 3.12. The quantitative estimate of drug-likeness (QED) is 0.620. The Morgan fingerprint density at radius 2 is 1.55 bits per heavy atom. The Balaban J connectivity index is 1.65. The molecule has 0 aliphatic rings. The van der Waals surface area contributed by atoms with E-state index in [4.69, 9.17) is 0 Å². The molecule has 150 valence electrons. The van der Waals surface area contributed by atoms with Crippen molar-refractivity contribution in [2.75, 3.05) is 37.4 Å². The molecule has 0 spiro atoms. The minimum Gasteiger partial charge on any atom is -0.378 e. The minimum atomic E-state index is 0.0372. The van der Waals surface area contributed by atoms with E-state index in [0.29, 0.717) is 6.54 Å². The number of nitrogens with one attached hydrogen (secondary N) is 2. The Labute approximate surface area is 173 Å². The number of rotatable bonds is 8. The van der Waals surface area contributed by atoms with Crippen molar-refractivity contribution >= 4 is 17.3 Å². The Morgan fingerprint density at radius 1 is 0.897 bits per heavy atom. The third-order valence-corrected chi connectivity index (χ3v) is 5.10. The van der Waals surface area contributed by atoms with Gasteiger partial charge in [0.05, 0.1) is 6.54 Å². The molecule has 3 aromatic carbocycles. The van der Waals surface area contributed by atoms with Crippen molar-refractivity contribution in [1.29, 1.82) is 0 Å². The van der Waals surface area contributed by atoms with Crippen LogP contribution in [-0.2, 0) is 11.3 Å². The van der Waals surface area contributed by atoms with Gasteiger partial charge >= 0.3 is 0 Å². The van der Waals surface area contributed by atoms with E-state index in [9.17, 15) is 4.79 Å². The number of quaternary nitrogens is 1. The summed E-state index contributed by atoms with van der Waals surface area (Å²) in [5.74, 6) is 0.0372. The molecule has 0 heterocycles. The Kier molecular flexibility index (Phi) is 7.04. The zero-order chi connectivity index (χ0) is 20.6. The molecule has 1 atom stereocenters. The predicted molar refractivity (Wildman–Crippen MR) is 121 cm³/mol. The molecule has 4 nitrogen and oxygen atoms in total. The predicted octanol–water partition coefficient (Wildman–Crippen LogP) is 3.46. The number of nitrogens with zero attached hydrogens (tertiary/aromatic N) is 1. The number of anilines is 2. The van der Waals surface area contributed by atoms with Gasteiger partial charge in [-0.05, 0) is 30.7 Å². The lowest BCUT2D eigenvalue weighted by molar-refractivity contribution is -0.903. The number of hydrogen-bond donors (Lipinski definition) is 2. The van der Waals surface area contributed by atoms with Gasteiger partial charge in [-0.1, -0.05) is 60.7 Å². The van der Waals surface area contributed by atoms with E-state index in [1.54, 1.807) is 0 Å². The van der Waals surface area contributed by atoms with Crippen LogP contribution in [-0.4, -0.2) is 33.1 Å². The van der Waals surface area contributed by atoms with E-state index < -0.39 is 0 Å². The van der Waals surface area contributed by atoms with Crippen molar-refractivity contribution in [1.82, 2.24) is 0 Å². The second-order valence-corrected chi connectivity index (χ2v) is 7.48. The number of carbonyl (C=O) groups excluding carboxylic acids is 1. The summed E-state index contributed by atoms with van der Waals surface area (Å²) in [7, 11) is 4.08. The molecule has 0 aromatic heterocycles. The van der Waals surface area contributed by atoms with Crippen LogP contribution in [0.3, 0.4) is 0 Å². The molecule has 0 radical (unpaired) electrons. The topological polar surface area (TPSA) is 36.8 Å². The van der Waals surface area contributed by atoms with Crippen LogP contribution in [0.25, 0.3) is 11.1 Å². The Hall–Kier alpha value is -3.11. The van der Waals surface area contributed by atoms with Crippen LogP contribution in [0, 0.1) is 0 Å². The van der Waals surface area contributed by atoms with E-state index in [1.165, 1.54) is 16.2 Å². The van der Waals surface area contributed by atoms with Crippen LogP contribution in [0.2, 0.25) is 0 Å². The zero-order valence-electron chi connectivity index (χ0n) is 17.5. The molecule has 3 aromatic rings. The Bertz CT molecular complexity index is 920. The van der Waals surface area contributed by atoms with Gasteiger partial charge in [0.2, 0.25) is 0 Å². The van der Waals surface area contributed by atoms with Crippen molar-refractivity contribution in [3.63, 3.8) is 0 Å².